The van der Waals surface area contributed by atoms with E-state index in [0.29, 0.717) is 0 Å². The predicted octanol–water partition coefficient (Wildman–Crippen LogP) is 0.170. The number of guanidine groups is 1. The van der Waals surface area contributed by atoms with Crippen molar-refractivity contribution in [2.24, 2.45) is 0 Å². The van der Waals surface area contributed by atoms with Crippen molar-refractivity contribution in [1.29, 1.82) is 0 Å². The average molecular weight is 180 g/mol. The highest BCUT2D eigenvalue weighted by Gasteiger charge is 2.37. The Kier molecular flexibility index (Phi) is 1.70. The molecule has 0 atom stereocenters. The molecule has 3 heteroatoms. The van der Waals surface area contributed by atoms with Crippen LogP contribution < -0.4 is 0 Å². The number of rotatable bonds is 0. The Balaban J connectivity index is 1.98. The Morgan fingerprint density at radius 2 is 1.31 bits per heavy atom. The van der Waals surface area contributed by atoms with Gasteiger partial charge < -0.3 is 0 Å². The fourth-order valence-electron chi connectivity index (χ4n) is 2.89. The Morgan fingerprint density at radius 3 is 1.92 bits per heavy atom. The zero-order chi connectivity index (χ0) is 8.67. The van der Waals surface area contributed by atoms with Gasteiger partial charge in [0.2, 0.25) is 0 Å². The fourth-order valence-corrected chi connectivity index (χ4v) is 2.89. The topological polar surface area (TPSA) is 9.49 Å². The van der Waals surface area contributed by atoms with Crippen LogP contribution in [-0.4, -0.2) is 59.6 Å². The molecule has 3 aliphatic rings. The van der Waals surface area contributed by atoms with Crippen LogP contribution in [0.4, 0.5) is 0 Å². The van der Waals surface area contributed by atoms with Crippen LogP contribution in [0.3, 0.4) is 0 Å². The second-order valence-electron chi connectivity index (χ2n) is 4.32. The maximum absolute atomic E-state index is 2.59. The number of hydrogen-bond donors (Lipinski definition) is 0. The number of nitrogens with zero attached hydrogens (tertiary/aromatic N) is 3. The molecule has 3 aliphatic heterocycles. The van der Waals surface area contributed by atoms with Crippen LogP contribution in [-0.2, 0) is 0 Å². The smallest absolute Gasteiger partial charge is 0.265 e. The first-order valence-electron chi connectivity index (χ1n) is 5.57. The van der Waals surface area contributed by atoms with E-state index in [0.717, 1.165) is 0 Å². The molecule has 0 aliphatic carbocycles. The SMILES string of the molecule is C1CN2CCC[N+]3=C2N(C1)CCC3. The van der Waals surface area contributed by atoms with Gasteiger partial charge in [0.15, 0.2) is 0 Å². The summed E-state index contributed by atoms with van der Waals surface area (Å²) >= 11 is 0. The molecule has 0 aromatic heterocycles. The molecule has 72 valence electrons. The average Bonchev–Trinajstić information content (AvgIpc) is 2.19. The summed E-state index contributed by atoms with van der Waals surface area (Å²) in [5.41, 5.74) is 0. The molecule has 3 nitrogen and oxygen atoms in total. The third-order valence-corrected chi connectivity index (χ3v) is 3.42. The summed E-state index contributed by atoms with van der Waals surface area (Å²) in [6.45, 7) is 7.76. The molecule has 1 fully saturated rings. The molecule has 0 spiro atoms. The molecule has 0 aromatic rings. The van der Waals surface area contributed by atoms with Gasteiger partial charge in [0.25, 0.3) is 0 Å². The lowest BCUT2D eigenvalue weighted by molar-refractivity contribution is -0.550. The number of hydrogen-bond acceptors (Lipinski definition) is 2. The lowest BCUT2D eigenvalue weighted by Gasteiger charge is -2.39. The Hall–Kier alpha value is -0.730. The fraction of sp³-hybridized carbons (Fsp3) is 0.900. The van der Waals surface area contributed by atoms with Crippen molar-refractivity contribution in [2.75, 3.05) is 39.3 Å². The van der Waals surface area contributed by atoms with Crippen LogP contribution in [0.2, 0.25) is 0 Å². The Morgan fingerprint density at radius 1 is 0.769 bits per heavy atom. The maximum Gasteiger partial charge on any atom is 0.350 e. The van der Waals surface area contributed by atoms with Crippen LogP contribution in [0.1, 0.15) is 19.3 Å². The summed E-state index contributed by atoms with van der Waals surface area (Å²) in [6.07, 6.45) is 4.08. The summed E-state index contributed by atoms with van der Waals surface area (Å²) in [4.78, 5) is 5.18. The third kappa shape index (κ3) is 1.13. The largest absolute Gasteiger partial charge is 0.350 e. The van der Waals surface area contributed by atoms with E-state index in [1.165, 1.54) is 58.5 Å². The Bertz CT molecular complexity index is 225. The van der Waals surface area contributed by atoms with E-state index in [4.69, 9.17) is 0 Å². The van der Waals surface area contributed by atoms with Crippen LogP contribution in [0.5, 0.6) is 0 Å². The highest BCUT2D eigenvalue weighted by Crippen LogP contribution is 2.17. The lowest BCUT2D eigenvalue weighted by Crippen LogP contribution is -2.60. The van der Waals surface area contributed by atoms with Gasteiger partial charge in [-0.3, -0.25) is 14.4 Å². The van der Waals surface area contributed by atoms with Crippen LogP contribution in [0.25, 0.3) is 0 Å². The molecular formula is C10H18N3+. The van der Waals surface area contributed by atoms with E-state index in [-0.39, 0.29) is 0 Å². The molecule has 0 aromatic carbocycles. The van der Waals surface area contributed by atoms with E-state index < -0.39 is 0 Å². The minimum absolute atomic E-state index is 1.29. The van der Waals surface area contributed by atoms with E-state index in [2.05, 4.69) is 14.4 Å². The van der Waals surface area contributed by atoms with Crippen molar-refractivity contribution in [3.63, 3.8) is 0 Å². The van der Waals surface area contributed by atoms with Crippen molar-refractivity contribution >= 4 is 5.96 Å². The molecule has 3 rings (SSSR count). The van der Waals surface area contributed by atoms with Gasteiger partial charge in [0.05, 0.1) is 39.3 Å². The van der Waals surface area contributed by atoms with Gasteiger partial charge in [0, 0.05) is 19.3 Å². The second kappa shape index (κ2) is 2.89. The highest BCUT2D eigenvalue weighted by atomic mass is 15.4. The molecule has 0 bridgehead atoms. The van der Waals surface area contributed by atoms with Crippen molar-refractivity contribution in [3.8, 4) is 0 Å². The lowest BCUT2D eigenvalue weighted by atomic mass is 10.1. The van der Waals surface area contributed by atoms with Crippen molar-refractivity contribution in [3.05, 3.63) is 0 Å². The van der Waals surface area contributed by atoms with Crippen LogP contribution in [0.15, 0.2) is 0 Å². The summed E-state index contributed by atoms with van der Waals surface area (Å²) in [5.74, 6) is 1.56. The standard InChI is InChI=1S/C10H18N3/c1-4-11-6-2-8-13-9-3-7-12(5-1)10(11)13/h1-9H2/q+1. The molecule has 1 saturated heterocycles. The van der Waals surface area contributed by atoms with E-state index in [1.807, 2.05) is 0 Å². The highest BCUT2D eigenvalue weighted by molar-refractivity contribution is 5.76. The molecule has 0 N–H and O–H groups in total. The van der Waals surface area contributed by atoms with E-state index >= 15 is 0 Å². The zero-order valence-corrected chi connectivity index (χ0v) is 8.21. The first-order chi connectivity index (χ1) is 6.45. The van der Waals surface area contributed by atoms with Gasteiger partial charge >= 0.3 is 5.96 Å². The summed E-state index contributed by atoms with van der Waals surface area (Å²) in [7, 11) is 0. The molecule has 13 heavy (non-hydrogen) atoms. The summed E-state index contributed by atoms with van der Waals surface area (Å²) in [6, 6.07) is 0. The molecule has 3 heterocycles. The Labute approximate surface area is 79.6 Å². The van der Waals surface area contributed by atoms with Gasteiger partial charge in [-0.2, -0.15) is 0 Å². The van der Waals surface area contributed by atoms with Crippen LogP contribution >= 0.6 is 0 Å². The molecule has 0 amide bonds. The van der Waals surface area contributed by atoms with Gasteiger partial charge in [-0.1, -0.05) is 0 Å². The first kappa shape index (κ1) is 7.65. The van der Waals surface area contributed by atoms with E-state index in [1.54, 1.807) is 5.96 Å². The normalized spacial score (nSPS) is 27.7. The van der Waals surface area contributed by atoms with Crippen molar-refractivity contribution in [1.82, 2.24) is 9.80 Å². The molecule has 0 unspecified atom stereocenters. The monoisotopic (exact) mass is 180 g/mol. The van der Waals surface area contributed by atoms with E-state index in [9.17, 15) is 0 Å². The minimum atomic E-state index is 1.29. The van der Waals surface area contributed by atoms with Gasteiger partial charge in [0.1, 0.15) is 0 Å². The van der Waals surface area contributed by atoms with Gasteiger partial charge in [-0.05, 0) is 0 Å². The second-order valence-corrected chi connectivity index (χ2v) is 4.32. The minimum Gasteiger partial charge on any atom is -0.265 e. The quantitative estimate of drug-likeness (QED) is 0.492. The third-order valence-electron chi connectivity index (χ3n) is 3.42. The summed E-state index contributed by atoms with van der Waals surface area (Å²) in [5, 5.41) is 0. The van der Waals surface area contributed by atoms with Crippen LogP contribution in [0, 0.1) is 0 Å². The first-order valence-corrected chi connectivity index (χ1v) is 5.57. The van der Waals surface area contributed by atoms with Gasteiger partial charge in [-0.15, -0.1) is 0 Å². The maximum atomic E-state index is 2.59. The molecule has 0 radical (unpaired) electrons. The molecule has 0 saturated carbocycles. The molecular weight excluding hydrogens is 162 g/mol. The summed E-state index contributed by atoms with van der Waals surface area (Å²) < 4.78 is 2.59. The van der Waals surface area contributed by atoms with Crippen molar-refractivity contribution in [2.45, 2.75) is 19.3 Å². The zero-order valence-electron chi connectivity index (χ0n) is 8.21. The van der Waals surface area contributed by atoms with Gasteiger partial charge in [-0.25, -0.2) is 0 Å². The van der Waals surface area contributed by atoms with Crippen molar-refractivity contribution < 1.29 is 4.58 Å². The predicted molar refractivity (Wildman–Crippen MR) is 52.0 cm³/mol.